The third kappa shape index (κ3) is 3.67. The molecule has 1 aliphatic heterocycles. The van der Waals surface area contributed by atoms with Gasteiger partial charge in [0.25, 0.3) is 0 Å². The SMILES string of the molecule is NCC1(CCN2CCC(c3ccccc3)C2)CCCCC1. The van der Waals surface area contributed by atoms with Crippen LogP contribution in [-0.4, -0.2) is 31.1 Å². The molecule has 2 aliphatic rings. The topological polar surface area (TPSA) is 29.3 Å². The Morgan fingerprint density at radius 1 is 1.10 bits per heavy atom. The van der Waals surface area contributed by atoms with Crippen LogP contribution in [-0.2, 0) is 0 Å². The number of rotatable bonds is 5. The lowest BCUT2D eigenvalue weighted by Gasteiger charge is -2.37. The first kappa shape index (κ1) is 15.1. The molecule has 0 radical (unpaired) electrons. The molecule has 1 aromatic carbocycles. The van der Waals surface area contributed by atoms with Crippen molar-refractivity contribution in [3.05, 3.63) is 35.9 Å². The van der Waals surface area contributed by atoms with Gasteiger partial charge in [0.05, 0.1) is 0 Å². The van der Waals surface area contributed by atoms with E-state index >= 15 is 0 Å². The lowest BCUT2D eigenvalue weighted by Crippen LogP contribution is -2.36. The summed E-state index contributed by atoms with van der Waals surface area (Å²) in [5.74, 6) is 0.742. The normalized spacial score (nSPS) is 26.0. The van der Waals surface area contributed by atoms with E-state index in [9.17, 15) is 0 Å². The van der Waals surface area contributed by atoms with Crippen LogP contribution in [0.25, 0.3) is 0 Å². The van der Waals surface area contributed by atoms with Gasteiger partial charge in [-0.2, -0.15) is 0 Å². The fourth-order valence-corrected chi connectivity index (χ4v) is 4.29. The number of nitrogens with two attached hydrogens (primary N) is 1. The first-order valence-electron chi connectivity index (χ1n) is 8.79. The maximum Gasteiger partial charge on any atom is 0.00508 e. The molecule has 116 valence electrons. The number of nitrogens with zero attached hydrogens (tertiary/aromatic N) is 1. The van der Waals surface area contributed by atoms with E-state index < -0.39 is 0 Å². The highest BCUT2D eigenvalue weighted by molar-refractivity contribution is 5.21. The van der Waals surface area contributed by atoms with Crippen LogP contribution in [0.4, 0.5) is 0 Å². The van der Waals surface area contributed by atoms with E-state index in [1.54, 1.807) is 0 Å². The summed E-state index contributed by atoms with van der Waals surface area (Å²) in [7, 11) is 0. The number of hydrogen-bond acceptors (Lipinski definition) is 2. The molecule has 3 rings (SSSR count). The molecule has 2 N–H and O–H groups in total. The molecule has 0 aromatic heterocycles. The molecule has 1 aliphatic carbocycles. The molecule has 2 nitrogen and oxygen atoms in total. The fourth-order valence-electron chi connectivity index (χ4n) is 4.29. The second-order valence-corrected chi connectivity index (χ2v) is 7.21. The van der Waals surface area contributed by atoms with Crippen molar-refractivity contribution < 1.29 is 0 Å². The van der Waals surface area contributed by atoms with Crippen LogP contribution in [0.15, 0.2) is 30.3 Å². The van der Waals surface area contributed by atoms with E-state index in [-0.39, 0.29) is 0 Å². The second-order valence-electron chi connectivity index (χ2n) is 7.21. The van der Waals surface area contributed by atoms with E-state index in [0.29, 0.717) is 5.41 Å². The van der Waals surface area contributed by atoms with Crippen LogP contribution in [0.3, 0.4) is 0 Å². The van der Waals surface area contributed by atoms with Crippen LogP contribution in [0.5, 0.6) is 0 Å². The van der Waals surface area contributed by atoms with Gasteiger partial charge in [-0.3, -0.25) is 0 Å². The molecule has 2 heteroatoms. The molecule has 1 aromatic rings. The molecule has 2 fully saturated rings. The van der Waals surface area contributed by atoms with Gasteiger partial charge in [0.15, 0.2) is 0 Å². The second kappa shape index (κ2) is 6.93. The van der Waals surface area contributed by atoms with Crippen LogP contribution >= 0.6 is 0 Å². The molecule has 0 amide bonds. The van der Waals surface area contributed by atoms with Crippen LogP contribution in [0.1, 0.15) is 56.4 Å². The van der Waals surface area contributed by atoms with Crippen LogP contribution < -0.4 is 5.73 Å². The molecule has 1 unspecified atom stereocenters. The zero-order chi connectivity index (χ0) is 14.5. The van der Waals surface area contributed by atoms with Gasteiger partial charge in [-0.05, 0) is 62.2 Å². The molecule has 1 heterocycles. The van der Waals surface area contributed by atoms with Crippen molar-refractivity contribution in [3.63, 3.8) is 0 Å². The summed E-state index contributed by atoms with van der Waals surface area (Å²) in [6, 6.07) is 11.0. The molecular weight excluding hydrogens is 256 g/mol. The zero-order valence-electron chi connectivity index (χ0n) is 13.3. The van der Waals surface area contributed by atoms with E-state index in [4.69, 9.17) is 5.73 Å². The minimum Gasteiger partial charge on any atom is -0.330 e. The predicted octanol–water partition coefficient (Wildman–Crippen LogP) is 3.78. The van der Waals surface area contributed by atoms with Crippen molar-refractivity contribution >= 4 is 0 Å². The lowest BCUT2D eigenvalue weighted by atomic mass is 9.72. The average Bonchev–Trinajstić information content (AvgIpc) is 3.04. The smallest absolute Gasteiger partial charge is 0.00508 e. The predicted molar refractivity (Wildman–Crippen MR) is 89.4 cm³/mol. The van der Waals surface area contributed by atoms with E-state index in [1.807, 2.05) is 0 Å². The minimum atomic E-state index is 0.461. The van der Waals surface area contributed by atoms with Crippen LogP contribution in [0.2, 0.25) is 0 Å². The van der Waals surface area contributed by atoms with Gasteiger partial charge < -0.3 is 10.6 Å². The van der Waals surface area contributed by atoms with Crippen molar-refractivity contribution in [1.29, 1.82) is 0 Å². The monoisotopic (exact) mass is 286 g/mol. The number of benzene rings is 1. The van der Waals surface area contributed by atoms with E-state index in [0.717, 1.165) is 12.5 Å². The summed E-state index contributed by atoms with van der Waals surface area (Å²) < 4.78 is 0. The summed E-state index contributed by atoms with van der Waals surface area (Å²) in [4.78, 5) is 2.67. The Bertz CT molecular complexity index is 422. The first-order chi connectivity index (χ1) is 10.3. The van der Waals surface area contributed by atoms with Gasteiger partial charge >= 0.3 is 0 Å². The van der Waals surface area contributed by atoms with Crippen molar-refractivity contribution in [1.82, 2.24) is 4.90 Å². The van der Waals surface area contributed by atoms with Gasteiger partial charge in [0.1, 0.15) is 0 Å². The van der Waals surface area contributed by atoms with E-state index in [2.05, 4.69) is 35.2 Å². The quantitative estimate of drug-likeness (QED) is 0.892. The van der Waals surface area contributed by atoms with Crippen molar-refractivity contribution in [2.75, 3.05) is 26.2 Å². The number of likely N-dealkylation sites (tertiary alicyclic amines) is 1. The molecule has 0 bridgehead atoms. The summed E-state index contributed by atoms with van der Waals surface area (Å²) >= 11 is 0. The van der Waals surface area contributed by atoms with Gasteiger partial charge in [0.2, 0.25) is 0 Å². The van der Waals surface area contributed by atoms with Gasteiger partial charge in [-0.25, -0.2) is 0 Å². The highest BCUT2D eigenvalue weighted by atomic mass is 15.1. The molecule has 1 saturated carbocycles. The third-order valence-corrected chi connectivity index (χ3v) is 5.85. The lowest BCUT2D eigenvalue weighted by molar-refractivity contribution is 0.155. The summed E-state index contributed by atoms with van der Waals surface area (Å²) in [5.41, 5.74) is 8.10. The zero-order valence-corrected chi connectivity index (χ0v) is 13.3. The molecule has 21 heavy (non-hydrogen) atoms. The highest BCUT2D eigenvalue weighted by Crippen LogP contribution is 2.39. The Kier molecular flexibility index (Phi) is 4.97. The maximum atomic E-state index is 6.12. The summed E-state index contributed by atoms with van der Waals surface area (Å²) in [6.07, 6.45) is 9.55. The summed E-state index contributed by atoms with van der Waals surface area (Å²) in [5, 5.41) is 0. The highest BCUT2D eigenvalue weighted by Gasteiger charge is 2.32. The van der Waals surface area contributed by atoms with Crippen molar-refractivity contribution in [2.24, 2.45) is 11.1 Å². The van der Waals surface area contributed by atoms with Crippen LogP contribution in [0, 0.1) is 5.41 Å². The maximum absolute atomic E-state index is 6.12. The Balaban J connectivity index is 1.50. The standard InChI is InChI=1S/C19H30N2/c20-16-19(10-5-2-6-11-19)12-14-21-13-9-18(15-21)17-7-3-1-4-8-17/h1,3-4,7-8,18H,2,5-6,9-16,20H2. The Morgan fingerprint density at radius 3 is 2.57 bits per heavy atom. The van der Waals surface area contributed by atoms with Crippen molar-refractivity contribution in [2.45, 2.75) is 50.9 Å². The largest absolute Gasteiger partial charge is 0.330 e. The first-order valence-corrected chi connectivity index (χ1v) is 8.79. The van der Waals surface area contributed by atoms with Gasteiger partial charge in [-0.1, -0.05) is 49.6 Å². The summed E-state index contributed by atoms with van der Waals surface area (Å²) in [6.45, 7) is 4.65. The third-order valence-electron chi connectivity index (χ3n) is 5.85. The van der Waals surface area contributed by atoms with E-state index in [1.165, 1.54) is 70.1 Å². The minimum absolute atomic E-state index is 0.461. The fraction of sp³-hybridized carbons (Fsp3) is 0.684. The molecule has 1 atom stereocenters. The van der Waals surface area contributed by atoms with Gasteiger partial charge in [0, 0.05) is 6.54 Å². The molecule has 0 spiro atoms. The Morgan fingerprint density at radius 2 is 1.86 bits per heavy atom. The average molecular weight is 286 g/mol. The molecular formula is C19H30N2. The Hall–Kier alpha value is -0.860. The molecule has 1 saturated heterocycles. The van der Waals surface area contributed by atoms with Gasteiger partial charge in [-0.15, -0.1) is 0 Å². The number of hydrogen-bond donors (Lipinski definition) is 1. The Labute approximate surface area is 129 Å². The van der Waals surface area contributed by atoms with Crippen molar-refractivity contribution in [3.8, 4) is 0 Å².